The maximum atomic E-state index is 14.0. The molecule has 176 valence electrons. The van der Waals surface area contributed by atoms with Gasteiger partial charge in [0.05, 0.1) is 34.1 Å². The minimum absolute atomic E-state index is 0.152. The highest BCUT2D eigenvalue weighted by molar-refractivity contribution is 6.15. The fraction of sp³-hybridized carbons (Fsp3) is 0.231. The van der Waals surface area contributed by atoms with E-state index in [4.69, 9.17) is 18.9 Å². The molecule has 8 nitrogen and oxygen atoms in total. The number of carbonyl (C=O) groups is 2. The molecule has 0 spiro atoms. The number of anilines is 2. The Kier molecular flexibility index (Phi) is 6.58. The van der Waals surface area contributed by atoms with Crippen LogP contribution in [0.5, 0.6) is 23.0 Å². The van der Waals surface area contributed by atoms with Crippen LogP contribution in [0.15, 0.2) is 66.7 Å². The molecule has 1 aliphatic heterocycles. The van der Waals surface area contributed by atoms with Gasteiger partial charge in [0.1, 0.15) is 35.6 Å². The van der Waals surface area contributed by atoms with Crippen molar-refractivity contribution in [2.75, 3.05) is 44.8 Å². The highest BCUT2D eigenvalue weighted by Gasteiger charge is 2.42. The van der Waals surface area contributed by atoms with E-state index in [-0.39, 0.29) is 18.4 Å². The van der Waals surface area contributed by atoms with Gasteiger partial charge in [0.15, 0.2) is 0 Å². The summed E-state index contributed by atoms with van der Waals surface area (Å²) in [4.78, 5) is 30.5. The van der Waals surface area contributed by atoms with E-state index in [1.54, 1.807) is 88.1 Å². The summed E-state index contributed by atoms with van der Waals surface area (Å²) in [5, 5.41) is 0. The van der Waals surface area contributed by atoms with Crippen molar-refractivity contribution < 1.29 is 28.5 Å². The van der Waals surface area contributed by atoms with Crippen molar-refractivity contribution in [3.05, 3.63) is 72.3 Å². The first-order chi connectivity index (χ1) is 16.5. The first kappa shape index (κ1) is 23.0. The molecule has 2 amide bonds. The molecule has 1 heterocycles. The summed E-state index contributed by atoms with van der Waals surface area (Å²) in [6.07, 6.45) is 0. The van der Waals surface area contributed by atoms with Gasteiger partial charge < -0.3 is 18.9 Å². The zero-order valence-corrected chi connectivity index (χ0v) is 19.5. The lowest BCUT2D eigenvalue weighted by atomic mass is 9.99. The summed E-state index contributed by atoms with van der Waals surface area (Å²) in [6.45, 7) is -0.152. The van der Waals surface area contributed by atoms with Gasteiger partial charge in [-0.2, -0.15) is 0 Å². The van der Waals surface area contributed by atoms with Gasteiger partial charge >= 0.3 is 0 Å². The molecule has 1 aliphatic rings. The molecule has 1 unspecified atom stereocenters. The van der Waals surface area contributed by atoms with Crippen LogP contribution in [0.25, 0.3) is 0 Å². The number of piperazine rings is 1. The molecule has 0 bridgehead atoms. The standard InChI is InChI=1S/C26H26N2O6/c1-31-19-9-5-17(6-10-19)25-26(30)27(22-15-21(33-3)13-14-23(22)34-4)16-24(29)28(25)18-7-11-20(32-2)12-8-18/h5-15,25H,16H2,1-4H3. The SMILES string of the molecule is COc1ccc(C2C(=O)N(c3cc(OC)ccc3OC)CC(=O)N2c2ccc(OC)cc2)cc1. The van der Waals surface area contributed by atoms with Crippen LogP contribution >= 0.6 is 0 Å². The summed E-state index contributed by atoms with van der Waals surface area (Å²) in [7, 11) is 6.21. The molecule has 4 rings (SSSR count). The van der Waals surface area contributed by atoms with Crippen molar-refractivity contribution in [2.45, 2.75) is 6.04 Å². The normalized spacial score (nSPS) is 15.8. The molecule has 0 saturated carbocycles. The number of methoxy groups -OCH3 is 4. The predicted octanol–water partition coefficient (Wildman–Crippen LogP) is 3.84. The third-order valence-corrected chi connectivity index (χ3v) is 5.78. The molecular weight excluding hydrogens is 436 g/mol. The predicted molar refractivity (Wildman–Crippen MR) is 128 cm³/mol. The number of nitrogens with zero attached hydrogens (tertiary/aromatic N) is 2. The Morgan fingerprint density at radius 1 is 0.706 bits per heavy atom. The molecular formula is C26H26N2O6. The number of ether oxygens (including phenoxy) is 4. The zero-order valence-electron chi connectivity index (χ0n) is 19.5. The minimum atomic E-state index is -0.892. The summed E-state index contributed by atoms with van der Waals surface area (Å²) in [5.74, 6) is 1.81. The molecule has 0 aliphatic carbocycles. The van der Waals surface area contributed by atoms with E-state index in [1.807, 2.05) is 0 Å². The Morgan fingerprint density at radius 2 is 1.26 bits per heavy atom. The highest BCUT2D eigenvalue weighted by atomic mass is 16.5. The first-order valence-corrected chi connectivity index (χ1v) is 10.6. The van der Waals surface area contributed by atoms with Crippen LogP contribution in [0.3, 0.4) is 0 Å². The summed E-state index contributed by atoms with van der Waals surface area (Å²) < 4.78 is 21.3. The van der Waals surface area contributed by atoms with Crippen molar-refractivity contribution in [3.8, 4) is 23.0 Å². The molecule has 1 fully saturated rings. The lowest BCUT2D eigenvalue weighted by Crippen LogP contribution is -2.56. The minimum Gasteiger partial charge on any atom is -0.497 e. The molecule has 8 heteroatoms. The van der Waals surface area contributed by atoms with Gasteiger partial charge in [0, 0.05) is 11.8 Å². The smallest absolute Gasteiger partial charge is 0.255 e. The Hall–Kier alpha value is -4.20. The quantitative estimate of drug-likeness (QED) is 0.531. The van der Waals surface area contributed by atoms with Gasteiger partial charge in [-0.05, 0) is 54.1 Å². The highest BCUT2D eigenvalue weighted by Crippen LogP contribution is 2.39. The maximum Gasteiger partial charge on any atom is 0.255 e. The average molecular weight is 463 g/mol. The lowest BCUT2D eigenvalue weighted by molar-refractivity contribution is -0.128. The average Bonchev–Trinajstić information content (AvgIpc) is 2.89. The van der Waals surface area contributed by atoms with E-state index in [2.05, 4.69) is 0 Å². The second-order valence-electron chi connectivity index (χ2n) is 7.60. The number of carbonyl (C=O) groups excluding carboxylic acids is 2. The second-order valence-corrected chi connectivity index (χ2v) is 7.60. The molecule has 3 aromatic carbocycles. The van der Waals surface area contributed by atoms with Gasteiger partial charge in [-0.25, -0.2) is 0 Å². The molecule has 34 heavy (non-hydrogen) atoms. The van der Waals surface area contributed by atoms with Gasteiger partial charge in [0.2, 0.25) is 5.91 Å². The summed E-state index contributed by atoms with van der Waals surface area (Å²) in [5.41, 5.74) is 1.71. The third-order valence-electron chi connectivity index (χ3n) is 5.78. The Morgan fingerprint density at radius 3 is 1.82 bits per heavy atom. The van der Waals surface area contributed by atoms with E-state index in [0.717, 1.165) is 0 Å². The van der Waals surface area contributed by atoms with Crippen molar-refractivity contribution in [1.29, 1.82) is 0 Å². The van der Waals surface area contributed by atoms with Crippen LogP contribution in [-0.4, -0.2) is 46.8 Å². The van der Waals surface area contributed by atoms with Crippen LogP contribution in [0.4, 0.5) is 11.4 Å². The lowest BCUT2D eigenvalue weighted by Gasteiger charge is -2.40. The van der Waals surface area contributed by atoms with Crippen LogP contribution in [0, 0.1) is 0 Å². The monoisotopic (exact) mass is 462 g/mol. The van der Waals surface area contributed by atoms with Gasteiger partial charge in [0.25, 0.3) is 5.91 Å². The van der Waals surface area contributed by atoms with Crippen LogP contribution in [-0.2, 0) is 9.59 Å². The molecule has 0 aromatic heterocycles. The number of hydrogen-bond donors (Lipinski definition) is 0. The number of benzene rings is 3. The topological polar surface area (TPSA) is 77.5 Å². The number of hydrogen-bond acceptors (Lipinski definition) is 6. The van der Waals surface area contributed by atoms with Crippen molar-refractivity contribution >= 4 is 23.2 Å². The van der Waals surface area contributed by atoms with Crippen molar-refractivity contribution in [3.63, 3.8) is 0 Å². The fourth-order valence-electron chi connectivity index (χ4n) is 4.02. The molecule has 1 atom stereocenters. The molecule has 1 saturated heterocycles. The number of amides is 2. The third kappa shape index (κ3) is 4.22. The van der Waals surface area contributed by atoms with Gasteiger partial charge in [-0.1, -0.05) is 12.1 Å². The second kappa shape index (κ2) is 9.74. The van der Waals surface area contributed by atoms with Crippen LogP contribution in [0.1, 0.15) is 11.6 Å². The van der Waals surface area contributed by atoms with Crippen molar-refractivity contribution in [1.82, 2.24) is 0 Å². The van der Waals surface area contributed by atoms with Gasteiger partial charge in [-0.15, -0.1) is 0 Å². The fourth-order valence-corrected chi connectivity index (χ4v) is 4.02. The summed E-state index contributed by atoms with van der Waals surface area (Å²) in [6, 6.07) is 18.4. The van der Waals surface area contributed by atoms with Gasteiger partial charge in [-0.3, -0.25) is 19.4 Å². The van der Waals surface area contributed by atoms with E-state index in [1.165, 1.54) is 16.9 Å². The van der Waals surface area contributed by atoms with E-state index < -0.39 is 6.04 Å². The van der Waals surface area contributed by atoms with E-state index in [0.29, 0.717) is 39.9 Å². The van der Waals surface area contributed by atoms with E-state index in [9.17, 15) is 9.59 Å². The number of rotatable bonds is 7. The Balaban J connectivity index is 1.82. The molecule has 0 N–H and O–H groups in total. The maximum absolute atomic E-state index is 14.0. The Bertz CT molecular complexity index is 1180. The van der Waals surface area contributed by atoms with Crippen molar-refractivity contribution in [2.24, 2.45) is 0 Å². The first-order valence-electron chi connectivity index (χ1n) is 10.6. The van der Waals surface area contributed by atoms with Crippen LogP contribution < -0.4 is 28.7 Å². The summed E-state index contributed by atoms with van der Waals surface area (Å²) >= 11 is 0. The molecule has 0 radical (unpaired) electrons. The molecule has 3 aromatic rings. The van der Waals surface area contributed by atoms with E-state index >= 15 is 0 Å². The Labute approximate surface area is 198 Å². The zero-order chi connectivity index (χ0) is 24.2. The largest absolute Gasteiger partial charge is 0.497 e. The van der Waals surface area contributed by atoms with Crippen LogP contribution in [0.2, 0.25) is 0 Å².